The zero-order valence-electron chi connectivity index (χ0n) is 6.11. The first-order chi connectivity index (χ1) is 4.81. The number of nitrogens with one attached hydrogen (secondary N) is 2. The van der Waals surface area contributed by atoms with Crippen LogP contribution in [0.2, 0.25) is 0 Å². The van der Waals surface area contributed by atoms with Gasteiger partial charge in [0.25, 0.3) is 0 Å². The monoisotopic (exact) mass is 208 g/mol. The van der Waals surface area contributed by atoms with Gasteiger partial charge in [-0.2, -0.15) is 0 Å². The van der Waals surface area contributed by atoms with E-state index in [1.165, 1.54) is 0 Å². The highest BCUT2D eigenvalue weighted by Crippen LogP contribution is 1.76. The first-order valence-corrected chi connectivity index (χ1v) is 4.46. The molecule has 0 saturated heterocycles. The molecule has 1 amide bonds. The van der Waals surface area contributed by atoms with E-state index in [0.717, 1.165) is 13.1 Å². The van der Waals surface area contributed by atoms with Gasteiger partial charge < -0.3 is 10.6 Å². The molecule has 0 aromatic carbocycles. The van der Waals surface area contributed by atoms with Gasteiger partial charge in [0.15, 0.2) is 0 Å². The molecular weight excluding hydrogens is 196 g/mol. The minimum absolute atomic E-state index is 0.0397. The van der Waals surface area contributed by atoms with Crippen LogP contribution in [0.5, 0.6) is 0 Å². The van der Waals surface area contributed by atoms with E-state index in [-0.39, 0.29) is 5.91 Å². The third kappa shape index (κ3) is 6.04. The number of hydrogen-bond acceptors (Lipinski definition) is 2. The van der Waals surface area contributed by atoms with E-state index in [9.17, 15) is 4.79 Å². The molecule has 0 unspecified atom stereocenters. The van der Waals surface area contributed by atoms with Gasteiger partial charge in [-0.15, -0.1) is 0 Å². The lowest BCUT2D eigenvalue weighted by Crippen LogP contribution is -2.32. The lowest BCUT2D eigenvalue weighted by Gasteiger charge is -2.01. The number of amides is 1. The molecule has 0 bridgehead atoms. The Morgan fingerprint density at radius 2 is 2.20 bits per heavy atom. The molecule has 0 fully saturated rings. The molecule has 0 saturated carbocycles. The van der Waals surface area contributed by atoms with Crippen molar-refractivity contribution in [3.63, 3.8) is 0 Å². The lowest BCUT2D eigenvalue weighted by atomic mass is 10.5. The van der Waals surface area contributed by atoms with Gasteiger partial charge in [-0.3, -0.25) is 4.79 Å². The zero-order chi connectivity index (χ0) is 7.82. The standard InChI is InChI=1S/C6H13BrN2O/c1-2-8-3-4-9-6(10)5-7/h8H,2-5H2,1H3,(H,9,10). The molecule has 3 nitrogen and oxygen atoms in total. The zero-order valence-corrected chi connectivity index (χ0v) is 7.70. The first-order valence-electron chi connectivity index (χ1n) is 3.34. The van der Waals surface area contributed by atoms with Crippen LogP contribution < -0.4 is 10.6 Å². The van der Waals surface area contributed by atoms with Gasteiger partial charge in [0.2, 0.25) is 5.91 Å². The molecule has 0 radical (unpaired) electrons. The predicted molar refractivity (Wildman–Crippen MR) is 45.3 cm³/mol. The Labute approximate surface area is 69.7 Å². The van der Waals surface area contributed by atoms with Crippen molar-refractivity contribution < 1.29 is 4.79 Å². The highest BCUT2D eigenvalue weighted by Gasteiger charge is 1.93. The van der Waals surface area contributed by atoms with Gasteiger partial charge in [0.1, 0.15) is 0 Å². The summed E-state index contributed by atoms with van der Waals surface area (Å²) in [6.45, 7) is 4.53. The molecule has 0 heterocycles. The van der Waals surface area contributed by atoms with E-state index in [0.29, 0.717) is 11.9 Å². The van der Waals surface area contributed by atoms with E-state index < -0.39 is 0 Å². The SMILES string of the molecule is CCNCCNC(=O)CBr. The molecule has 4 heteroatoms. The average Bonchev–Trinajstić information content (AvgIpc) is 1.98. The van der Waals surface area contributed by atoms with Crippen molar-refractivity contribution in [1.82, 2.24) is 10.6 Å². The van der Waals surface area contributed by atoms with Gasteiger partial charge in [0, 0.05) is 13.1 Å². The number of likely N-dealkylation sites (N-methyl/N-ethyl adjacent to an activating group) is 1. The number of hydrogen-bond donors (Lipinski definition) is 2. The third-order valence-electron chi connectivity index (χ3n) is 0.995. The molecule has 0 spiro atoms. The van der Waals surface area contributed by atoms with Crippen LogP contribution in [0.25, 0.3) is 0 Å². The van der Waals surface area contributed by atoms with Crippen LogP contribution in [-0.4, -0.2) is 30.9 Å². The van der Waals surface area contributed by atoms with Gasteiger partial charge in [-0.1, -0.05) is 22.9 Å². The molecule has 0 aliphatic rings. The van der Waals surface area contributed by atoms with E-state index in [2.05, 4.69) is 26.6 Å². The normalized spacial score (nSPS) is 9.40. The number of carbonyl (C=O) groups is 1. The summed E-state index contributed by atoms with van der Waals surface area (Å²) in [5, 5.41) is 6.20. The second kappa shape index (κ2) is 7.02. The second-order valence-corrected chi connectivity index (χ2v) is 2.40. The summed E-state index contributed by atoms with van der Waals surface area (Å²) >= 11 is 3.05. The van der Waals surface area contributed by atoms with Gasteiger partial charge in [-0.25, -0.2) is 0 Å². The summed E-state index contributed by atoms with van der Waals surface area (Å²) in [4.78, 5) is 10.6. The Kier molecular flexibility index (Phi) is 6.96. The molecule has 0 aliphatic heterocycles. The maximum atomic E-state index is 10.6. The van der Waals surface area contributed by atoms with Crippen molar-refractivity contribution in [2.24, 2.45) is 0 Å². The number of rotatable bonds is 5. The maximum Gasteiger partial charge on any atom is 0.230 e. The Bertz CT molecular complexity index is 97.7. The summed E-state index contributed by atoms with van der Waals surface area (Å²) < 4.78 is 0. The molecule has 0 aromatic rings. The van der Waals surface area contributed by atoms with Crippen molar-refractivity contribution in [1.29, 1.82) is 0 Å². The van der Waals surface area contributed by atoms with Crippen molar-refractivity contribution in [2.75, 3.05) is 25.0 Å². The molecular formula is C6H13BrN2O. The molecule has 60 valence electrons. The van der Waals surface area contributed by atoms with Crippen molar-refractivity contribution in [2.45, 2.75) is 6.92 Å². The van der Waals surface area contributed by atoms with Crippen LogP contribution in [-0.2, 0) is 4.79 Å². The molecule has 10 heavy (non-hydrogen) atoms. The van der Waals surface area contributed by atoms with Crippen LogP contribution in [0.15, 0.2) is 0 Å². The summed E-state index contributed by atoms with van der Waals surface area (Å²) in [7, 11) is 0. The summed E-state index contributed by atoms with van der Waals surface area (Å²) in [5.74, 6) is 0.0397. The van der Waals surface area contributed by atoms with Crippen LogP contribution in [0, 0.1) is 0 Å². The highest BCUT2D eigenvalue weighted by atomic mass is 79.9. The second-order valence-electron chi connectivity index (χ2n) is 1.84. The Morgan fingerprint density at radius 3 is 2.70 bits per heavy atom. The smallest absolute Gasteiger partial charge is 0.230 e. The van der Waals surface area contributed by atoms with Crippen molar-refractivity contribution in [3.05, 3.63) is 0 Å². The molecule has 0 aliphatic carbocycles. The Morgan fingerprint density at radius 1 is 1.50 bits per heavy atom. The van der Waals surface area contributed by atoms with Crippen LogP contribution in [0.4, 0.5) is 0 Å². The third-order valence-corrected chi connectivity index (χ3v) is 1.50. The average molecular weight is 209 g/mol. The van der Waals surface area contributed by atoms with Crippen LogP contribution >= 0.6 is 15.9 Å². The fraction of sp³-hybridized carbons (Fsp3) is 0.833. The highest BCUT2D eigenvalue weighted by molar-refractivity contribution is 9.09. The van der Waals surface area contributed by atoms with Gasteiger partial charge >= 0.3 is 0 Å². The van der Waals surface area contributed by atoms with Crippen molar-refractivity contribution in [3.8, 4) is 0 Å². The minimum Gasteiger partial charge on any atom is -0.354 e. The first kappa shape index (κ1) is 9.91. The minimum atomic E-state index is 0.0397. The predicted octanol–water partition coefficient (Wildman–Crippen LogP) is 0.107. The fourth-order valence-corrected chi connectivity index (χ4v) is 0.713. The quantitative estimate of drug-likeness (QED) is 0.498. The summed E-state index contributed by atoms with van der Waals surface area (Å²) in [6.07, 6.45) is 0. The maximum absolute atomic E-state index is 10.6. The Balaban J connectivity index is 2.96. The topological polar surface area (TPSA) is 41.1 Å². The summed E-state index contributed by atoms with van der Waals surface area (Å²) in [5.41, 5.74) is 0. The van der Waals surface area contributed by atoms with E-state index in [4.69, 9.17) is 0 Å². The fourth-order valence-electron chi connectivity index (χ4n) is 0.514. The molecule has 0 rings (SSSR count). The van der Waals surface area contributed by atoms with Gasteiger partial charge in [-0.05, 0) is 6.54 Å². The Hall–Kier alpha value is -0.0900. The van der Waals surface area contributed by atoms with E-state index >= 15 is 0 Å². The molecule has 0 aromatic heterocycles. The lowest BCUT2D eigenvalue weighted by molar-refractivity contribution is -0.118. The van der Waals surface area contributed by atoms with E-state index in [1.807, 2.05) is 6.92 Å². The largest absolute Gasteiger partial charge is 0.354 e. The number of alkyl halides is 1. The van der Waals surface area contributed by atoms with E-state index in [1.54, 1.807) is 0 Å². The van der Waals surface area contributed by atoms with Crippen molar-refractivity contribution >= 4 is 21.8 Å². The van der Waals surface area contributed by atoms with Crippen LogP contribution in [0.1, 0.15) is 6.92 Å². The number of carbonyl (C=O) groups excluding carboxylic acids is 1. The summed E-state index contributed by atoms with van der Waals surface area (Å²) in [6, 6.07) is 0. The molecule has 2 N–H and O–H groups in total. The van der Waals surface area contributed by atoms with Crippen LogP contribution in [0.3, 0.4) is 0 Å². The molecule has 0 atom stereocenters. The van der Waals surface area contributed by atoms with Gasteiger partial charge in [0.05, 0.1) is 5.33 Å². The number of halogens is 1.